The van der Waals surface area contributed by atoms with Gasteiger partial charge in [0.05, 0.1) is 16.3 Å². The predicted octanol–water partition coefficient (Wildman–Crippen LogP) is 3.67. The molecule has 0 aliphatic carbocycles. The van der Waals surface area contributed by atoms with Crippen LogP contribution in [0, 0.1) is 0 Å². The number of aromatic nitrogens is 2. The first-order chi connectivity index (χ1) is 13.0. The standard InChI is InChI=1S/C19H22N4O2S2/c1-14(19-21-16-7-3-4-8-17(16)26-19)22(2)18-10-9-15(13-20-18)27(24,25)23-11-5-6-12-23/h3-4,7-10,13-14H,5-6,11-12H2,1-2H3/t14-/m1/s1. The van der Waals surface area contributed by atoms with E-state index in [-0.39, 0.29) is 10.9 Å². The van der Waals surface area contributed by atoms with E-state index in [1.165, 1.54) is 10.5 Å². The van der Waals surface area contributed by atoms with E-state index in [4.69, 9.17) is 4.98 Å². The number of thiazole rings is 1. The molecule has 0 unspecified atom stereocenters. The Hall–Kier alpha value is -2.03. The van der Waals surface area contributed by atoms with Crippen LogP contribution in [0.2, 0.25) is 0 Å². The fraction of sp³-hybridized carbons (Fsp3) is 0.368. The maximum Gasteiger partial charge on any atom is 0.244 e. The monoisotopic (exact) mass is 402 g/mol. The lowest BCUT2D eigenvalue weighted by Crippen LogP contribution is -2.28. The molecule has 2 aromatic heterocycles. The first-order valence-corrected chi connectivity index (χ1v) is 11.3. The van der Waals surface area contributed by atoms with Gasteiger partial charge in [0.15, 0.2) is 0 Å². The summed E-state index contributed by atoms with van der Waals surface area (Å²) in [5, 5.41) is 1.01. The third-order valence-electron chi connectivity index (χ3n) is 5.03. The first kappa shape index (κ1) is 18.3. The van der Waals surface area contributed by atoms with Crippen molar-refractivity contribution in [3.05, 3.63) is 47.6 Å². The Kier molecular flexibility index (Phi) is 4.88. The summed E-state index contributed by atoms with van der Waals surface area (Å²) in [5.41, 5.74) is 0.998. The fourth-order valence-electron chi connectivity index (χ4n) is 3.24. The Bertz CT molecular complexity index is 1010. The Morgan fingerprint density at radius 2 is 1.89 bits per heavy atom. The van der Waals surface area contributed by atoms with E-state index in [1.54, 1.807) is 23.5 Å². The number of pyridine rings is 1. The Morgan fingerprint density at radius 3 is 2.56 bits per heavy atom. The largest absolute Gasteiger partial charge is 0.350 e. The van der Waals surface area contributed by atoms with Gasteiger partial charge in [0, 0.05) is 26.3 Å². The van der Waals surface area contributed by atoms with Gasteiger partial charge < -0.3 is 4.90 Å². The highest BCUT2D eigenvalue weighted by Crippen LogP contribution is 2.31. The van der Waals surface area contributed by atoms with Gasteiger partial charge in [-0.25, -0.2) is 18.4 Å². The van der Waals surface area contributed by atoms with E-state index in [0.717, 1.165) is 33.9 Å². The van der Waals surface area contributed by atoms with Crippen molar-refractivity contribution in [2.75, 3.05) is 25.0 Å². The molecule has 142 valence electrons. The topological polar surface area (TPSA) is 66.4 Å². The highest BCUT2D eigenvalue weighted by molar-refractivity contribution is 7.89. The average molecular weight is 403 g/mol. The van der Waals surface area contributed by atoms with E-state index in [9.17, 15) is 8.42 Å². The maximum absolute atomic E-state index is 12.6. The summed E-state index contributed by atoms with van der Waals surface area (Å²) >= 11 is 1.67. The number of nitrogens with zero attached hydrogens (tertiary/aromatic N) is 4. The Morgan fingerprint density at radius 1 is 1.15 bits per heavy atom. The van der Waals surface area contributed by atoms with Gasteiger partial charge in [-0.05, 0) is 44.0 Å². The van der Waals surface area contributed by atoms with E-state index in [2.05, 4.69) is 18.0 Å². The summed E-state index contributed by atoms with van der Waals surface area (Å²) in [6, 6.07) is 11.5. The van der Waals surface area contributed by atoms with Gasteiger partial charge in [0.1, 0.15) is 15.7 Å². The molecular formula is C19H22N4O2S2. The lowest BCUT2D eigenvalue weighted by atomic mass is 10.3. The van der Waals surface area contributed by atoms with Crippen molar-refractivity contribution < 1.29 is 8.42 Å². The number of hydrogen-bond donors (Lipinski definition) is 0. The van der Waals surface area contributed by atoms with Gasteiger partial charge in [-0.2, -0.15) is 4.31 Å². The SMILES string of the molecule is C[C@H](c1nc2ccccc2s1)N(C)c1ccc(S(=O)(=O)N2CCCC2)cn1. The van der Waals surface area contributed by atoms with Crippen LogP contribution in [0.4, 0.5) is 5.82 Å². The van der Waals surface area contributed by atoms with Crippen molar-refractivity contribution in [3.63, 3.8) is 0 Å². The number of fused-ring (bicyclic) bond motifs is 1. The first-order valence-electron chi connectivity index (χ1n) is 9.01. The number of sulfonamides is 1. The number of hydrogen-bond acceptors (Lipinski definition) is 6. The molecule has 0 spiro atoms. The molecule has 0 bridgehead atoms. The van der Waals surface area contributed by atoms with Crippen LogP contribution in [0.15, 0.2) is 47.5 Å². The van der Waals surface area contributed by atoms with E-state index in [0.29, 0.717) is 13.1 Å². The molecule has 3 heterocycles. The van der Waals surface area contributed by atoms with Gasteiger partial charge in [-0.3, -0.25) is 0 Å². The molecule has 0 amide bonds. The summed E-state index contributed by atoms with van der Waals surface area (Å²) < 4.78 is 28.0. The molecule has 8 heteroatoms. The molecule has 1 atom stereocenters. The summed E-state index contributed by atoms with van der Waals surface area (Å²) in [6.45, 7) is 3.27. The van der Waals surface area contributed by atoms with Crippen molar-refractivity contribution >= 4 is 37.4 Å². The predicted molar refractivity (Wildman–Crippen MR) is 109 cm³/mol. The molecule has 1 saturated heterocycles. The normalized spacial score (nSPS) is 16.7. The van der Waals surface area contributed by atoms with Crippen molar-refractivity contribution in [1.82, 2.24) is 14.3 Å². The van der Waals surface area contributed by atoms with Crippen LogP contribution in [-0.4, -0.2) is 42.8 Å². The summed E-state index contributed by atoms with van der Waals surface area (Å²) in [4.78, 5) is 11.4. The average Bonchev–Trinajstić information content (AvgIpc) is 3.37. The molecule has 1 aliphatic rings. The Labute approximate surface area is 163 Å². The summed E-state index contributed by atoms with van der Waals surface area (Å²) in [5.74, 6) is 0.724. The number of para-hydroxylation sites is 1. The van der Waals surface area contributed by atoms with E-state index in [1.807, 2.05) is 30.1 Å². The second kappa shape index (κ2) is 7.18. The number of rotatable bonds is 5. The van der Waals surface area contributed by atoms with Crippen LogP contribution in [0.3, 0.4) is 0 Å². The van der Waals surface area contributed by atoms with Crippen LogP contribution < -0.4 is 4.90 Å². The molecule has 6 nitrogen and oxygen atoms in total. The highest BCUT2D eigenvalue weighted by Gasteiger charge is 2.27. The van der Waals surface area contributed by atoms with Crippen LogP contribution >= 0.6 is 11.3 Å². The Balaban J connectivity index is 1.55. The third kappa shape index (κ3) is 3.44. The summed E-state index contributed by atoms with van der Waals surface area (Å²) in [7, 11) is -1.48. The maximum atomic E-state index is 12.6. The van der Waals surface area contributed by atoms with Crippen molar-refractivity contribution in [2.45, 2.75) is 30.7 Å². The molecule has 0 N–H and O–H groups in total. The molecule has 0 saturated carbocycles. The van der Waals surface area contributed by atoms with E-state index >= 15 is 0 Å². The lowest BCUT2D eigenvalue weighted by molar-refractivity contribution is 0.477. The second-order valence-electron chi connectivity index (χ2n) is 6.77. The minimum absolute atomic E-state index is 0.0379. The van der Waals surface area contributed by atoms with Gasteiger partial charge in [0.2, 0.25) is 10.0 Å². The van der Waals surface area contributed by atoms with Crippen molar-refractivity contribution in [1.29, 1.82) is 0 Å². The van der Waals surface area contributed by atoms with Gasteiger partial charge in [-0.15, -0.1) is 11.3 Å². The molecule has 4 rings (SSSR count). The highest BCUT2D eigenvalue weighted by atomic mass is 32.2. The zero-order valence-corrected chi connectivity index (χ0v) is 17.0. The van der Waals surface area contributed by atoms with Crippen LogP contribution in [0.25, 0.3) is 10.2 Å². The number of benzene rings is 1. The van der Waals surface area contributed by atoms with Crippen LogP contribution in [0.5, 0.6) is 0 Å². The molecule has 1 fully saturated rings. The second-order valence-corrected chi connectivity index (χ2v) is 9.77. The lowest BCUT2D eigenvalue weighted by Gasteiger charge is -2.24. The minimum atomic E-state index is -3.43. The third-order valence-corrected chi connectivity index (χ3v) is 8.12. The molecule has 1 aliphatic heterocycles. The van der Waals surface area contributed by atoms with Gasteiger partial charge in [-0.1, -0.05) is 12.1 Å². The van der Waals surface area contributed by atoms with Crippen LogP contribution in [-0.2, 0) is 10.0 Å². The van der Waals surface area contributed by atoms with Crippen molar-refractivity contribution in [3.8, 4) is 0 Å². The quantitative estimate of drug-likeness (QED) is 0.651. The minimum Gasteiger partial charge on any atom is -0.350 e. The molecule has 0 radical (unpaired) electrons. The van der Waals surface area contributed by atoms with Crippen molar-refractivity contribution in [2.24, 2.45) is 0 Å². The number of anilines is 1. The molecule has 27 heavy (non-hydrogen) atoms. The van der Waals surface area contributed by atoms with Gasteiger partial charge >= 0.3 is 0 Å². The zero-order chi connectivity index (χ0) is 19.0. The zero-order valence-electron chi connectivity index (χ0n) is 15.4. The van der Waals surface area contributed by atoms with Gasteiger partial charge in [0.25, 0.3) is 0 Å². The fourth-order valence-corrected chi connectivity index (χ4v) is 5.77. The molecule has 3 aromatic rings. The van der Waals surface area contributed by atoms with E-state index < -0.39 is 10.0 Å². The molecular weight excluding hydrogens is 380 g/mol. The van der Waals surface area contributed by atoms with Crippen LogP contribution in [0.1, 0.15) is 30.8 Å². The molecule has 1 aromatic carbocycles. The summed E-state index contributed by atoms with van der Waals surface area (Å²) in [6.07, 6.45) is 3.31. The smallest absolute Gasteiger partial charge is 0.244 e.